The lowest BCUT2D eigenvalue weighted by Crippen LogP contribution is -2.50. The molecule has 1 aliphatic carbocycles. The molecule has 0 bridgehead atoms. The summed E-state index contributed by atoms with van der Waals surface area (Å²) in [6.45, 7) is 6.23. The molecular formula is C22H36N4O. The van der Waals surface area contributed by atoms with Crippen LogP contribution in [0.2, 0.25) is 0 Å². The van der Waals surface area contributed by atoms with Crippen molar-refractivity contribution in [2.45, 2.75) is 37.5 Å². The predicted octanol–water partition coefficient (Wildman–Crippen LogP) is 2.63. The summed E-state index contributed by atoms with van der Waals surface area (Å²) in [6, 6.07) is 11.0. The predicted molar refractivity (Wildman–Crippen MR) is 112 cm³/mol. The van der Waals surface area contributed by atoms with Gasteiger partial charge in [0, 0.05) is 39.2 Å². The van der Waals surface area contributed by atoms with Gasteiger partial charge in [0.1, 0.15) is 0 Å². The lowest BCUT2D eigenvalue weighted by molar-refractivity contribution is 0.121. The number of aliphatic imine (C=N–C) groups is 1. The van der Waals surface area contributed by atoms with Crippen molar-refractivity contribution in [3.63, 3.8) is 0 Å². The molecule has 5 heteroatoms. The number of likely N-dealkylation sites (tertiary alicyclic amines) is 1. The molecule has 3 rings (SSSR count). The molecule has 2 fully saturated rings. The van der Waals surface area contributed by atoms with E-state index in [0.29, 0.717) is 0 Å². The Hall–Kier alpha value is -1.59. The van der Waals surface area contributed by atoms with Crippen LogP contribution in [-0.4, -0.2) is 64.3 Å². The quantitative estimate of drug-likeness (QED) is 0.544. The molecule has 1 aromatic carbocycles. The van der Waals surface area contributed by atoms with Crippen LogP contribution in [0.4, 0.5) is 0 Å². The molecule has 27 heavy (non-hydrogen) atoms. The van der Waals surface area contributed by atoms with Gasteiger partial charge in [0.15, 0.2) is 5.96 Å². The summed E-state index contributed by atoms with van der Waals surface area (Å²) >= 11 is 0. The van der Waals surface area contributed by atoms with Crippen molar-refractivity contribution in [2.75, 3.05) is 53.5 Å². The molecule has 0 aromatic heterocycles. The van der Waals surface area contributed by atoms with Gasteiger partial charge in [-0.05, 0) is 50.3 Å². The van der Waals surface area contributed by atoms with Gasteiger partial charge < -0.3 is 20.3 Å². The van der Waals surface area contributed by atoms with Crippen LogP contribution >= 0.6 is 0 Å². The van der Waals surface area contributed by atoms with Crippen LogP contribution in [0.1, 0.15) is 37.7 Å². The van der Waals surface area contributed by atoms with Crippen molar-refractivity contribution in [1.29, 1.82) is 0 Å². The number of hydrogen-bond acceptors (Lipinski definition) is 3. The first-order valence-electron chi connectivity index (χ1n) is 10.5. The molecule has 1 aliphatic heterocycles. The third-order valence-electron chi connectivity index (χ3n) is 6.39. The van der Waals surface area contributed by atoms with Crippen molar-refractivity contribution in [1.82, 2.24) is 15.5 Å². The van der Waals surface area contributed by atoms with E-state index in [1.54, 1.807) is 7.11 Å². The highest BCUT2D eigenvalue weighted by molar-refractivity contribution is 5.79. The van der Waals surface area contributed by atoms with Gasteiger partial charge in [-0.15, -0.1) is 0 Å². The first-order valence-corrected chi connectivity index (χ1v) is 10.5. The Bertz CT molecular complexity index is 577. The number of piperidine rings is 1. The lowest BCUT2D eigenvalue weighted by Gasteiger charge is -2.43. The fourth-order valence-corrected chi connectivity index (χ4v) is 4.31. The van der Waals surface area contributed by atoms with E-state index in [-0.39, 0.29) is 5.41 Å². The summed E-state index contributed by atoms with van der Waals surface area (Å²) in [7, 11) is 3.65. The molecule has 2 aliphatic rings. The maximum absolute atomic E-state index is 5.19. The highest BCUT2D eigenvalue weighted by Crippen LogP contribution is 2.43. The second kappa shape index (κ2) is 10.1. The average molecular weight is 373 g/mol. The van der Waals surface area contributed by atoms with E-state index in [1.807, 2.05) is 7.05 Å². The Balaban J connectivity index is 1.41. The van der Waals surface area contributed by atoms with E-state index in [2.05, 4.69) is 50.9 Å². The van der Waals surface area contributed by atoms with Crippen LogP contribution in [0.5, 0.6) is 0 Å². The fraction of sp³-hybridized carbons (Fsp3) is 0.682. The number of methoxy groups -OCH3 is 1. The molecule has 0 atom stereocenters. The van der Waals surface area contributed by atoms with Crippen LogP contribution in [0.3, 0.4) is 0 Å². The Labute approximate surface area is 164 Å². The second-order valence-corrected chi connectivity index (χ2v) is 8.08. The van der Waals surface area contributed by atoms with Crippen molar-refractivity contribution in [3.05, 3.63) is 35.9 Å². The summed E-state index contributed by atoms with van der Waals surface area (Å²) in [6.07, 6.45) is 6.36. The van der Waals surface area contributed by atoms with Gasteiger partial charge in [0.25, 0.3) is 0 Å². The van der Waals surface area contributed by atoms with Crippen LogP contribution in [0, 0.1) is 5.92 Å². The molecule has 2 N–H and O–H groups in total. The third kappa shape index (κ3) is 5.45. The number of benzene rings is 1. The Kier molecular flexibility index (Phi) is 7.53. The Morgan fingerprint density at radius 2 is 1.93 bits per heavy atom. The molecule has 150 valence electrons. The molecule has 1 aromatic rings. The summed E-state index contributed by atoms with van der Waals surface area (Å²) < 4.78 is 5.19. The van der Waals surface area contributed by atoms with E-state index >= 15 is 0 Å². The minimum atomic E-state index is 0.283. The van der Waals surface area contributed by atoms with Gasteiger partial charge in [-0.2, -0.15) is 0 Å². The normalized spacial score (nSPS) is 20.9. The maximum Gasteiger partial charge on any atom is 0.191 e. The van der Waals surface area contributed by atoms with Crippen LogP contribution in [-0.2, 0) is 10.2 Å². The Morgan fingerprint density at radius 3 is 2.52 bits per heavy atom. The summed E-state index contributed by atoms with van der Waals surface area (Å²) in [5, 5.41) is 7.16. The lowest BCUT2D eigenvalue weighted by atomic mass is 9.64. The zero-order valence-electron chi connectivity index (χ0n) is 17.0. The van der Waals surface area contributed by atoms with E-state index in [9.17, 15) is 0 Å². The monoisotopic (exact) mass is 372 g/mol. The van der Waals surface area contributed by atoms with Crippen LogP contribution in [0.25, 0.3) is 0 Å². The SMILES string of the molecule is CN=C(NCC1CCN(CCOC)CC1)NCC1(c2ccccc2)CCC1. The largest absolute Gasteiger partial charge is 0.383 e. The minimum absolute atomic E-state index is 0.283. The molecule has 1 heterocycles. The third-order valence-corrected chi connectivity index (χ3v) is 6.39. The Morgan fingerprint density at radius 1 is 1.19 bits per heavy atom. The highest BCUT2D eigenvalue weighted by atomic mass is 16.5. The summed E-state index contributed by atoms with van der Waals surface area (Å²) in [4.78, 5) is 6.96. The summed E-state index contributed by atoms with van der Waals surface area (Å²) in [5.41, 5.74) is 1.74. The molecule has 0 radical (unpaired) electrons. The zero-order chi connectivity index (χ0) is 19.0. The number of hydrogen-bond donors (Lipinski definition) is 2. The first-order chi connectivity index (χ1) is 13.3. The van der Waals surface area contributed by atoms with Crippen molar-refractivity contribution in [3.8, 4) is 0 Å². The number of nitrogens with one attached hydrogen (secondary N) is 2. The van der Waals surface area contributed by atoms with Gasteiger partial charge in [-0.1, -0.05) is 36.8 Å². The number of guanidine groups is 1. The molecule has 1 saturated carbocycles. The van der Waals surface area contributed by atoms with Crippen molar-refractivity contribution in [2.24, 2.45) is 10.9 Å². The van der Waals surface area contributed by atoms with E-state index in [4.69, 9.17) is 4.74 Å². The smallest absolute Gasteiger partial charge is 0.191 e. The maximum atomic E-state index is 5.19. The molecule has 0 spiro atoms. The fourth-order valence-electron chi connectivity index (χ4n) is 4.31. The van der Waals surface area contributed by atoms with Gasteiger partial charge in [0.05, 0.1) is 6.61 Å². The number of ether oxygens (including phenoxy) is 1. The van der Waals surface area contributed by atoms with Crippen LogP contribution < -0.4 is 10.6 Å². The molecular weight excluding hydrogens is 336 g/mol. The highest BCUT2D eigenvalue weighted by Gasteiger charge is 2.38. The zero-order valence-corrected chi connectivity index (χ0v) is 17.0. The molecule has 5 nitrogen and oxygen atoms in total. The molecule has 1 saturated heterocycles. The van der Waals surface area contributed by atoms with Crippen molar-refractivity contribution < 1.29 is 4.74 Å². The van der Waals surface area contributed by atoms with Gasteiger partial charge >= 0.3 is 0 Å². The van der Waals surface area contributed by atoms with Gasteiger partial charge in [0.2, 0.25) is 0 Å². The number of nitrogens with zero attached hydrogens (tertiary/aromatic N) is 2. The standard InChI is InChI=1S/C22H36N4O/c1-23-21(24-17-19-9-13-26(14-10-19)15-16-27-2)25-18-22(11-6-12-22)20-7-4-3-5-8-20/h3-5,7-8,19H,6,9-18H2,1-2H3,(H2,23,24,25). The van der Waals surface area contributed by atoms with Gasteiger partial charge in [-0.3, -0.25) is 4.99 Å². The van der Waals surface area contributed by atoms with E-state index < -0.39 is 0 Å². The van der Waals surface area contributed by atoms with Crippen molar-refractivity contribution >= 4 is 5.96 Å². The second-order valence-electron chi connectivity index (χ2n) is 8.08. The van der Waals surface area contributed by atoms with E-state index in [0.717, 1.165) is 38.1 Å². The number of rotatable bonds is 8. The first kappa shape index (κ1) is 20.2. The topological polar surface area (TPSA) is 48.9 Å². The average Bonchev–Trinajstić information content (AvgIpc) is 2.69. The van der Waals surface area contributed by atoms with E-state index in [1.165, 1.54) is 50.8 Å². The molecule has 0 unspecified atom stereocenters. The molecule has 0 amide bonds. The summed E-state index contributed by atoms with van der Waals surface area (Å²) in [5.74, 6) is 1.67. The minimum Gasteiger partial charge on any atom is -0.383 e. The van der Waals surface area contributed by atoms with Crippen LogP contribution in [0.15, 0.2) is 35.3 Å². The van der Waals surface area contributed by atoms with Gasteiger partial charge in [-0.25, -0.2) is 0 Å².